The molecule has 1 fully saturated rings. The lowest BCUT2D eigenvalue weighted by molar-refractivity contribution is 0.102. The van der Waals surface area contributed by atoms with E-state index in [1.165, 1.54) is 12.8 Å². The average molecular weight is 407 g/mol. The minimum Gasteiger partial charge on any atom is -0.322 e. The van der Waals surface area contributed by atoms with Gasteiger partial charge in [-0.3, -0.25) is 4.79 Å². The summed E-state index contributed by atoms with van der Waals surface area (Å²) in [6.07, 6.45) is 9.87. The number of hydrogen-bond acceptors (Lipinski definition) is 4. The first-order valence-electron chi connectivity index (χ1n) is 10.4. The molecule has 1 aromatic carbocycles. The van der Waals surface area contributed by atoms with Gasteiger partial charge < -0.3 is 5.32 Å². The average Bonchev–Trinajstić information content (AvgIpc) is 3.48. The van der Waals surface area contributed by atoms with Crippen LogP contribution in [-0.4, -0.2) is 25.7 Å². The second-order valence-corrected chi connectivity index (χ2v) is 7.66. The second-order valence-electron chi connectivity index (χ2n) is 7.66. The molecule has 31 heavy (non-hydrogen) atoms. The van der Waals surface area contributed by atoms with Crippen LogP contribution in [-0.2, 0) is 0 Å². The molecule has 0 radical (unpaired) electrons. The third-order valence-corrected chi connectivity index (χ3v) is 5.49. The first kappa shape index (κ1) is 19.0. The van der Waals surface area contributed by atoms with Gasteiger partial charge in [-0.05, 0) is 55.2 Å². The molecule has 6 heteroatoms. The smallest absolute Gasteiger partial charge is 0.257 e. The maximum atomic E-state index is 12.8. The van der Waals surface area contributed by atoms with Crippen LogP contribution in [0.1, 0.15) is 53.3 Å². The normalized spacial score (nSPS) is 13.7. The van der Waals surface area contributed by atoms with E-state index in [0.29, 0.717) is 23.0 Å². The molecular weight excluding hydrogens is 386 g/mol. The molecule has 1 aliphatic rings. The first-order valence-corrected chi connectivity index (χ1v) is 10.4. The van der Waals surface area contributed by atoms with Gasteiger partial charge in [0.25, 0.3) is 5.91 Å². The van der Waals surface area contributed by atoms with Crippen LogP contribution < -0.4 is 5.32 Å². The summed E-state index contributed by atoms with van der Waals surface area (Å²) < 4.78 is 2.01. The third-order valence-electron chi connectivity index (χ3n) is 5.49. The van der Waals surface area contributed by atoms with Crippen LogP contribution in [0.2, 0.25) is 0 Å². The number of amides is 1. The van der Waals surface area contributed by atoms with Crippen LogP contribution in [0.4, 0.5) is 5.69 Å². The van der Waals surface area contributed by atoms with Crippen LogP contribution in [0.15, 0.2) is 67.1 Å². The van der Waals surface area contributed by atoms with Crippen LogP contribution in [0, 0.1) is 11.8 Å². The molecule has 3 heterocycles. The third kappa shape index (κ3) is 4.17. The van der Waals surface area contributed by atoms with E-state index in [-0.39, 0.29) is 5.91 Å². The quantitative estimate of drug-likeness (QED) is 0.504. The Balaban J connectivity index is 1.33. The van der Waals surface area contributed by atoms with Gasteiger partial charge in [0.1, 0.15) is 5.69 Å². The SMILES string of the molecule is O=C(Nc1cccc(C#Cc2ccccn2)c1)c1cnc2c(cnn2C2CCCC2)c1. The molecular formula is C25H21N5O. The number of fused-ring (bicyclic) bond motifs is 1. The number of rotatable bonds is 3. The number of nitrogens with one attached hydrogen (secondary N) is 1. The Morgan fingerprint density at radius 1 is 1.00 bits per heavy atom. The summed E-state index contributed by atoms with van der Waals surface area (Å²) in [6, 6.07) is 15.3. The van der Waals surface area contributed by atoms with Crippen LogP contribution in [0.3, 0.4) is 0 Å². The summed E-state index contributed by atoms with van der Waals surface area (Å²) in [5.74, 6) is 5.90. The molecule has 1 N–H and O–H groups in total. The molecule has 152 valence electrons. The maximum absolute atomic E-state index is 12.8. The maximum Gasteiger partial charge on any atom is 0.257 e. The van der Waals surface area contributed by atoms with Gasteiger partial charge in [-0.25, -0.2) is 14.6 Å². The zero-order valence-corrected chi connectivity index (χ0v) is 17.0. The van der Waals surface area contributed by atoms with Gasteiger partial charge in [0, 0.05) is 29.0 Å². The van der Waals surface area contributed by atoms with Gasteiger partial charge in [0.2, 0.25) is 0 Å². The number of benzene rings is 1. The van der Waals surface area contributed by atoms with E-state index in [1.807, 2.05) is 53.2 Å². The Morgan fingerprint density at radius 2 is 1.90 bits per heavy atom. The monoisotopic (exact) mass is 407 g/mol. The largest absolute Gasteiger partial charge is 0.322 e. The van der Waals surface area contributed by atoms with Gasteiger partial charge in [0.05, 0.1) is 17.8 Å². The minimum atomic E-state index is -0.210. The highest BCUT2D eigenvalue weighted by atomic mass is 16.1. The second kappa shape index (κ2) is 8.41. The summed E-state index contributed by atoms with van der Waals surface area (Å²) in [5, 5.41) is 8.34. The predicted octanol–water partition coefficient (Wildman–Crippen LogP) is 4.59. The minimum absolute atomic E-state index is 0.210. The molecule has 5 rings (SSSR count). The summed E-state index contributed by atoms with van der Waals surface area (Å²) in [4.78, 5) is 21.5. The zero-order chi connectivity index (χ0) is 21.0. The van der Waals surface area contributed by atoms with Gasteiger partial charge in [-0.2, -0.15) is 5.10 Å². The molecule has 0 aliphatic heterocycles. The van der Waals surface area contributed by atoms with Crippen molar-refractivity contribution in [3.05, 3.63) is 83.9 Å². The van der Waals surface area contributed by atoms with Crippen molar-refractivity contribution in [1.82, 2.24) is 19.7 Å². The number of carbonyl (C=O) groups is 1. The van der Waals surface area contributed by atoms with E-state index < -0.39 is 0 Å². The van der Waals surface area contributed by atoms with E-state index in [2.05, 4.69) is 32.2 Å². The highest BCUT2D eigenvalue weighted by Crippen LogP contribution is 2.31. The highest BCUT2D eigenvalue weighted by molar-refractivity contribution is 6.05. The Labute approximate surface area is 180 Å². The molecule has 0 bridgehead atoms. The van der Waals surface area contributed by atoms with E-state index >= 15 is 0 Å². The molecule has 4 aromatic rings. The van der Waals surface area contributed by atoms with Gasteiger partial charge in [0.15, 0.2) is 5.65 Å². The molecule has 0 atom stereocenters. The first-order chi connectivity index (χ1) is 15.3. The summed E-state index contributed by atoms with van der Waals surface area (Å²) in [5.41, 5.74) is 3.53. The van der Waals surface area contributed by atoms with Gasteiger partial charge in [-0.1, -0.05) is 30.9 Å². The summed E-state index contributed by atoms with van der Waals surface area (Å²) in [7, 11) is 0. The Morgan fingerprint density at radius 3 is 2.74 bits per heavy atom. The van der Waals surface area contributed by atoms with E-state index in [0.717, 1.165) is 29.4 Å². The van der Waals surface area contributed by atoms with Crippen molar-refractivity contribution in [3.63, 3.8) is 0 Å². The Kier molecular flexibility index (Phi) is 5.16. The molecule has 1 aliphatic carbocycles. The van der Waals surface area contributed by atoms with Crippen molar-refractivity contribution in [1.29, 1.82) is 0 Å². The molecule has 0 unspecified atom stereocenters. The predicted molar refractivity (Wildman–Crippen MR) is 120 cm³/mol. The number of aromatic nitrogens is 4. The Bertz CT molecular complexity index is 1290. The Hall–Kier alpha value is -3.98. The van der Waals surface area contributed by atoms with Crippen molar-refractivity contribution in [2.45, 2.75) is 31.7 Å². The standard InChI is InChI=1S/C25H21N5O/c31-25(20-15-19-17-28-30(24(19)27-16-20)23-9-1-2-10-23)29-22-8-5-6-18(14-22)11-12-21-7-3-4-13-26-21/h3-8,13-17,23H,1-2,9-10H2,(H,29,31). The number of anilines is 1. The fourth-order valence-electron chi connectivity index (χ4n) is 3.93. The van der Waals surface area contributed by atoms with E-state index in [4.69, 9.17) is 0 Å². The fourth-order valence-corrected chi connectivity index (χ4v) is 3.93. The van der Waals surface area contributed by atoms with Crippen molar-refractivity contribution in [2.24, 2.45) is 0 Å². The molecule has 1 amide bonds. The molecule has 1 saturated carbocycles. The highest BCUT2D eigenvalue weighted by Gasteiger charge is 2.20. The topological polar surface area (TPSA) is 72.7 Å². The van der Waals surface area contributed by atoms with Crippen LogP contribution in [0.5, 0.6) is 0 Å². The number of hydrogen-bond donors (Lipinski definition) is 1. The van der Waals surface area contributed by atoms with Crippen molar-refractivity contribution in [3.8, 4) is 11.8 Å². The van der Waals surface area contributed by atoms with Crippen molar-refractivity contribution in [2.75, 3.05) is 5.32 Å². The zero-order valence-electron chi connectivity index (χ0n) is 17.0. The molecule has 0 saturated heterocycles. The number of nitrogens with zero attached hydrogens (tertiary/aromatic N) is 4. The van der Waals surface area contributed by atoms with Gasteiger partial charge >= 0.3 is 0 Å². The molecule has 0 spiro atoms. The van der Waals surface area contributed by atoms with Crippen LogP contribution in [0.25, 0.3) is 11.0 Å². The number of pyridine rings is 2. The van der Waals surface area contributed by atoms with E-state index in [1.54, 1.807) is 18.6 Å². The lowest BCUT2D eigenvalue weighted by atomic mass is 10.1. The molecule has 3 aromatic heterocycles. The lowest BCUT2D eigenvalue weighted by Crippen LogP contribution is -2.12. The summed E-state index contributed by atoms with van der Waals surface area (Å²) in [6.45, 7) is 0. The number of carbonyl (C=O) groups excluding carboxylic acids is 1. The lowest BCUT2D eigenvalue weighted by Gasteiger charge is -2.10. The van der Waals surface area contributed by atoms with Gasteiger partial charge in [-0.15, -0.1) is 0 Å². The van der Waals surface area contributed by atoms with E-state index in [9.17, 15) is 4.79 Å². The molecule has 6 nitrogen and oxygen atoms in total. The van der Waals surface area contributed by atoms with Crippen molar-refractivity contribution < 1.29 is 4.79 Å². The van der Waals surface area contributed by atoms with Crippen molar-refractivity contribution >= 4 is 22.6 Å². The fraction of sp³-hybridized carbons (Fsp3) is 0.200. The summed E-state index contributed by atoms with van der Waals surface area (Å²) >= 11 is 0. The van der Waals surface area contributed by atoms with Crippen LogP contribution >= 0.6 is 0 Å².